The molecule has 0 saturated carbocycles. The summed E-state index contributed by atoms with van der Waals surface area (Å²) in [5.41, 5.74) is 2.46. The number of rotatable bonds is 5. The number of fused-ring (bicyclic) bond motifs is 1. The van der Waals surface area contributed by atoms with Crippen LogP contribution in [-0.4, -0.2) is 42.3 Å². The number of aliphatic hydroxyl groups is 1. The van der Waals surface area contributed by atoms with Crippen molar-refractivity contribution in [3.63, 3.8) is 0 Å². The molecule has 122 valence electrons. The van der Waals surface area contributed by atoms with Crippen LogP contribution in [0.1, 0.15) is 49.3 Å². The van der Waals surface area contributed by atoms with Crippen LogP contribution in [0.2, 0.25) is 0 Å². The molecule has 1 aromatic carbocycles. The lowest BCUT2D eigenvalue weighted by atomic mass is 9.87. The summed E-state index contributed by atoms with van der Waals surface area (Å²) in [5.74, 6) is -0.119. The summed E-state index contributed by atoms with van der Waals surface area (Å²) in [5, 5.41) is 13.2. The van der Waals surface area contributed by atoms with Crippen LogP contribution in [0.25, 0.3) is 0 Å². The van der Waals surface area contributed by atoms with Gasteiger partial charge in [-0.25, -0.2) is 4.39 Å². The highest BCUT2D eigenvalue weighted by Crippen LogP contribution is 2.30. The normalized spacial score (nSPS) is 23.5. The van der Waals surface area contributed by atoms with Crippen LogP contribution >= 0.6 is 0 Å². The summed E-state index contributed by atoms with van der Waals surface area (Å²) in [4.78, 5) is 2.44. The summed E-state index contributed by atoms with van der Waals surface area (Å²) in [6.45, 7) is 4.14. The van der Waals surface area contributed by atoms with Crippen molar-refractivity contribution in [3.05, 3.63) is 35.1 Å². The first-order valence-electron chi connectivity index (χ1n) is 8.64. The fourth-order valence-electron chi connectivity index (χ4n) is 3.72. The average Bonchev–Trinajstić information content (AvgIpc) is 2.53. The minimum absolute atomic E-state index is 0.0893. The van der Waals surface area contributed by atoms with Crippen molar-refractivity contribution < 1.29 is 9.50 Å². The molecule has 2 N–H and O–H groups in total. The van der Waals surface area contributed by atoms with Crippen LogP contribution in [-0.2, 0) is 6.42 Å². The first-order chi connectivity index (χ1) is 10.7. The fraction of sp³-hybridized carbons (Fsp3) is 0.667. The Morgan fingerprint density at radius 3 is 2.86 bits per heavy atom. The molecule has 0 spiro atoms. The maximum absolute atomic E-state index is 13.3. The molecule has 3 rings (SSSR count). The summed E-state index contributed by atoms with van der Waals surface area (Å²) in [7, 11) is 0. The number of nitrogens with one attached hydrogen (secondary N) is 1. The van der Waals surface area contributed by atoms with Crippen molar-refractivity contribution in [3.8, 4) is 0 Å². The number of aliphatic hydroxyl groups excluding tert-OH is 1. The summed E-state index contributed by atoms with van der Waals surface area (Å²) in [6.07, 6.45) is 6.15. The highest BCUT2D eigenvalue weighted by molar-refractivity contribution is 5.32. The number of benzene rings is 1. The molecule has 0 amide bonds. The maximum Gasteiger partial charge on any atom is 0.123 e. The topological polar surface area (TPSA) is 35.5 Å². The molecule has 1 aromatic rings. The molecule has 1 unspecified atom stereocenters. The van der Waals surface area contributed by atoms with E-state index < -0.39 is 0 Å². The zero-order chi connectivity index (χ0) is 15.4. The van der Waals surface area contributed by atoms with Crippen molar-refractivity contribution in [1.29, 1.82) is 0 Å². The van der Waals surface area contributed by atoms with Crippen molar-refractivity contribution in [2.45, 2.75) is 50.7 Å². The van der Waals surface area contributed by atoms with E-state index in [1.807, 2.05) is 6.07 Å². The molecule has 2 aliphatic rings. The lowest BCUT2D eigenvalue weighted by molar-refractivity contribution is 0.0820. The molecule has 1 atom stereocenters. The number of aryl methyl sites for hydroxylation is 1. The van der Waals surface area contributed by atoms with Gasteiger partial charge in [-0.3, -0.25) is 0 Å². The maximum atomic E-state index is 13.3. The van der Waals surface area contributed by atoms with Crippen LogP contribution in [0, 0.1) is 5.82 Å². The van der Waals surface area contributed by atoms with E-state index in [-0.39, 0.29) is 11.9 Å². The van der Waals surface area contributed by atoms with E-state index in [1.165, 1.54) is 11.1 Å². The molecule has 22 heavy (non-hydrogen) atoms. The minimum Gasteiger partial charge on any atom is -0.393 e. The van der Waals surface area contributed by atoms with E-state index in [0.29, 0.717) is 6.04 Å². The zero-order valence-electron chi connectivity index (χ0n) is 13.2. The quantitative estimate of drug-likeness (QED) is 0.821. The van der Waals surface area contributed by atoms with Gasteiger partial charge < -0.3 is 15.3 Å². The van der Waals surface area contributed by atoms with Crippen LogP contribution in [0.3, 0.4) is 0 Å². The van der Waals surface area contributed by atoms with Gasteiger partial charge in [0.15, 0.2) is 0 Å². The number of halogens is 1. The van der Waals surface area contributed by atoms with E-state index >= 15 is 0 Å². The molecule has 0 bridgehead atoms. The Kier molecular flexibility index (Phi) is 5.45. The van der Waals surface area contributed by atoms with Crippen LogP contribution < -0.4 is 5.32 Å². The standard InChI is InChI=1S/C18H27FN2O/c19-15-5-6-17-14(13-15)3-1-4-18(17)20-9-2-10-21-11-7-16(22)8-12-21/h5-6,13,16,18,20,22H,1-4,7-12H2. The molecule has 0 radical (unpaired) electrons. The Bertz CT molecular complexity index is 486. The molecule has 1 aliphatic carbocycles. The van der Waals surface area contributed by atoms with Crippen LogP contribution in [0.15, 0.2) is 18.2 Å². The third kappa shape index (κ3) is 4.06. The number of hydrogen-bond donors (Lipinski definition) is 2. The number of likely N-dealkylation sites (tertiary alicyclic amines) is 1. The van der Waals surface area contributed by atoms with E-state index in [2.05, 4.69) is 10.2 Å². The SMILES string of the molecule is OC1CCN(CCCNC2CCCc3cc(F)ccc32)CC1. The summed E-state index contributed by atoms with van der Waals surface area (Å²) < 4.78 is 13.3. The largest absolute Gasteiger partial charge is 0.393 e. The monoisotopic (exact) mass is 306 g/mol. The molecule has 3 nitrogen and oxygen atoms in total. The van der Waals surface area contributed by atoms with Crippen molar-refractivity contribution in [2.75, 3.05) is 26.2 Å². The van der Waals surface area contributed by atoms with Gasteiger partial charge in [-0.15, -0.1) is 0 Å². The van der Waals surface area contributed by atoms with Crippen molar-refractivity contribution in [1.82, 2.24) is 10.2 Å². The Balaban J connectivity index is 1.43. The van der Waals surface area contributed by atoms with Gasteiger partial charge in [0.1, 0.15) is 5.82 Å². The van der Waals surface area contributed by atoms with Gasteiger partial charge in [-0.1, -0.05) is 6.07 Å². The van der Waals surface area contributed by atoms with Crippen LogP contribution in [0.4, 0.5) is 4.39 Å². The highest BCUT2D eigenvalue weighted by Gasteiger charge is 2.20. The van der Waals surface area contributed by atoms with Gasteiger partial charge in [0, 0.05) is 19.1 Å². The van der Waals surface area contributed by atoms with Crippen molar-refractivity contribution in [2.24, 2.45) is 0 Å². The molecule has 0 aromatic heterocycles. The molecular formula is C18H27FN2O. The molecule has 1 saturated heterocycles. The second-order valence-corrected chi connectivity index (χ2v) is 6.67. The smallest absolute Gasteiger partial charge is 0.123 e. The number of hydrogen-bond acceptors (Lipinski definition) is 3. The zero-order valence-corrected chi connectivity index (χ0v) is 13.2. The molecule has 4 heteroatoms. The van der Waals surface area contributed by atoms with Gasteiger partial charge in [0.2, 0.25) is 0 Å². The third-order valence-electron chi connectivity index (χ3n) is 5.02. The Hall–Kier alpha value is -0.970. The van der Waals surface area contributed by atoms with Gasteiger partial charge in [-0.05, 0) is 74.9 Å². The number of piperidine rings is 1. The molecule has 1 heterocycles. The molecular weight excluding hydrogens is 279 g/mol. The molecule has 1 aliphatic heterocycles. The number of nitrogens with zero attached hydrogens (tertiary/aromatic N) is 1. The summed E-state index contributed by atoms with van der Waals surface area (Å²) >= 11 is 0. The first kappa shape index (κ1) is 15.9. The predicted octanol–water partition coefficient (Wildman–Crippen LogP) is 2.64. The van der Waals surface area contributed by atoms with Crippen molar-refractivity contribution >= 4 is 0 Å². The third-order valence-corrected chi connectivity index (χ3v) is 5.02. The van der Waals surface area contributed by atoms with E-state index in [0.717, 1.165) is 64.7 Å². The van der Waals surface area contributed by atoms with E-state index in [1.54, 1.807) is 12.1 Å². The minimum atomic E-state index is -0.119. The van der Waals surface area contributed by atoms with Gasteiger partial charge in [-0.2, -0.15) is 0 Å². The van der Waals surface area contributed by atoms with Gasteiger partial charge in [0.05, 0.1) is 6.10 Å². The Morgan fingerprint density at radius 2 is 2.05 bits per heavy atom. The van der Waals surface area contributed by atoms with E-state index in [4.69, 9.17) is 0 Å². The lowest BCUT2D eigenvalue weighted by Gasteiger charge is -2.30. The van der Waals surface area contributed by atoms with Crippen LogP contribution in [0.5, 0.6) is 0 Å². The van der Waals surface area contributed by atoms with E-state index in [9.17, 15) is 9.50 Å². The Morgan fingerprint density at radius 1 is 1.23 bits per heavy atom. The predicted molar refractivity (Wildman–Crippen MR) is 86.4 cm³/mol. The highest BCUT2D eigenvalue weighted by atomic mass is 19.1. The van der Waals surface area contributed by atoms with Gasteiger partial charge in [0.25, 0.3) is 0 Å². The Labute approximate surface area is 132 Å². The molecule has 1 fully saturated rings. The van der Waals surface area contributed by atoms with Gasteiger partial charge >= 0.3 is 0 Å². The average molecular weight is 306 g/mol. The summed E-state index contributed by atoms with van der Waals surface area (Å²) in [6, 6.07) is 5.61. The first-order valence-corrected chi connectivity index (χ1v) is 8.64. The second kappa shape index (κ2) is 7.53. The lowest BCUT2D eigenvalue weighted by Crippen LogP contribution is -2.37. The fourth-order valence-corrected chi connectivity index (χ4v) is 3.72. The second-order valence-electron chi connectivity index (χ2n) is 6.67.